The Balaban J connectivity index is 1.85. The SMILES string of the molecule is OCCC[C@@H]1CCCC2(CCC[C@@H](CCCO)O2)O1. The Morgan fingerprint density at radius 2 is 1.32 bits per heavy atom. The lowest BCUT2D eigenvalue weighted by molar-refractivity contribution is -0.316. The van der Waals surface area contributed by atoms with Crippen molar-refractivity contribution in [3.05, 3.63) is 0 Å². The summed E-state index contributed by atoms with van der Waals surface area (Å²) < 4.78 is 12.5. The van der Waals surface area contributed by atoms with Crippen LogP contribution in [-0.4, -0.2) is 41.4 Å². The summed E-state index contributed by atoms with van der Waals surface area (Å²) in [5.41, 5.74) is 0. The first-order valence-electron chi connectivity index (χ1n) is 7.85. The van der Waals surface area contributed by atoms with Crippen molar-refractivity contribution < 1.29 is 19.7 Å². The zero-order valence-corrected chi connectivity index (χ0v) is 11.9. The molecule has 0 radical (unpaired) electrons. The maximum atomic E-state index is 8.93. The molecular formula is C15H28O4. The molecule has 2 heterocycles. The summed E-state index contributed by atoms with van der Waals surface area (Å²) in [5, 5.41) is 17.9. The van der Waals surface area contributed by atoms with Gasteiger partial charge in [-0.2, -0.15) is 0 Å². The Morgan fingerprint density at radius 1 is 0.842 bits per heavy atom. The van der Waals surface area contributed by atoms with E-state index >= 15 is 0 Å². The lowest BCUT2D eigenvalue weighted by Crippen LogP contribution is -2.48. The number of rotatable bonds is 6. The van der Waals surface area contributed by atoms with Gasteiger partial charge in [0, 0.05) is 26.1 Å². The van der Waals surface area contributed by atoms with Gasteiger partial charge in [0.05, 0.1) is 12.2 Å². The monoisotopic (exact) mass is 272 g/mol. The maximum absolute atomic E-state index is 8.93. The topological polar surface area (TPSA) is 58.9 Å². The van der Waals surface area contributed by atoms with Crippen LogP contribution in [-0.2, 0) is 9.47 Å². The van der Waals surface area contributed by atoms with Crippen molar-refractivity contribution >= 4 is 0 Å². The van der Waals surface area contributed by atoms with E-state index < -0.39 is 0 Å². The molecule has 2 saturated heterocycles. The zero-order chi connectivity index (χ0) is 13.6. The molecule has 1 spiro atoms. The fraction of sp³-hybridized carbons (Fsp3) is 1.00. The summed E-state index contributed by atoms with van der Waals surface area (Å²) in [6.07, 6.45) is 10.5. The Bertz CT molecular complexity index is 231. The van der Waals surface area contributed by atoms with Crippen molar-refractivity contribution in [3.63, 3.8) is 0 Å². The summed E-state index contributed by atoms with van der Waals surface area (Å²) in [6.45, 7) is 0.486. The van der Waals surface area contributed by atoms with Crippen LogP contribution in [0.4, 0.5) is 0 Å². The molecule has 4 nitrogen and oxygen atoms in total. The summed E-state index contributed by atoms with van der Waals surface area (Å²) in [5.74, 6) is -0.364. The van der Waals surface area contributed by atoms with Crippen molar-refractivity contribution in [1.29, 1.82) is 0 Å². The van der Waals surface area contributed by atoms with Crippen LogP contribution in [0.5, 0.6) is 0 Å². The maximum Gasteiger partial charge on any atom is 0.169 e. The molecule has 0 amide bonds. The third kappa shape index (κ3) is 4.42. The van der Waals surface area contributed by atoms with Crippen LogP contribution in [0.1, 0.15) is 64.2 Å². The highest BCUT2D eigenvalue weighted by molar-refractivity contribution is 4.84. The normalized spacial score (nSPS) is 30.6. The predicted molar refractivity (Wildman–Crippen MR) is 72.8 cm³/mol. The van der Waals surface area contributed by atoms with Crippen molar-refractivity contribution in [1.82, 2.24) is 0 Å². The van der Waals surface area contributed by atoms with E-state index in [0.717, 1.165) is 64.2 Å². The van der Waals surface area contributed by atoms with Crippen molar-refractivity contribution in [3.8, 4) is 0 Å². The van der Waals surface area contributed by atoms with Crippen LogP contribution in [0.15, 0.2) is 0 Å². The quantitative estimate of drug-likeness (QED) is 0.779. The largest absolute Gasteiger partial charge is 0.396 e. The van der Waals surface area contributed by atoms with Crippen LogP contribution in [0.2, 0.25) is 0 Å². The second-order valence-corrected chi connectivity index (χ2v) is 5.91. The summed E-state index contributed by atoms with van der Waals surface area (Å²) >= 11 is 0. The Hall–Kier alpha value is -0.160. The van der Waals surface area contributed by atoms with Crippen LogP contribution < -0.4 is 0 Å². The van der Waals surface area contributed by atoms with E-state index in [-0.39, 0.29) is 31.2 Å². The van der Waals surface area contributed by atoms with Crippen LogP contribution in [0.3, 0.4) is 0 Å². The number of aliphatic hydroxyl groups is 2. The summed E-state index contributed by atoms with van der Waals surface area (Å²) in [6, 6.07) is 0. The standard InChI is InChI=1S/C15H28O4/c16-11-3-7-13-5-1-9-15(18-13)10-2-6-14(19-15)8-4-12-17/h13-14,16-17H,1-12H2/t13-,14-,15?/m0/s1. The minimum atomic E-state index is -0.364. The van der Waals surface area contributed by atoms with E-state index in [4.69, 9.17) is 19.7 Å². The summed E-state index contributed by atoms with van der Waals surface area (Å²) in [7, 11) is 0. The molecule has 2 aliphatic rings. The van der Waals surface area contributed by atoms with E-state index in [1.807, 2.05) is 0 Å². The van der Waals surface area contributed by atoms with Crippen LogP contribution >= 0.6 is 0 Å². The first-order chi connectivity index (χ1) is 9.28. The Labute approximate surface area is 116 Å². The molecule has 0 saturated carbocycles. The molecular weight excluding hydrogens is 244 g/mol. The fourth-order valence-corrected chi connectivity index (χ4v) is 3.36. The highest BCUT2D eigenvalue weighted by Crippen LogP contribution is 2.40. The lowest BCUT2D eigenvalue weighted by atomic mass is 9.91. The van der Waals surface area contributed by atoms with Gasteiger partial charge in [0.25, 0.3) is 0 Å². The lowest BCUT2D eigenvalue weighted by Gasteiger charge is -2.46. The highest BCUT2D eigenvalue weighted by atomic mass is 16.7. The van der Waals surface area contributed by atoms with E-state index in [2.05, 4.69) is 0 Å². The number of hydrogen-bond acceptors (Lipinski definition) is 4. The van der Waals surface area contributed by atoms with Gasteiger partial charge in [0.15, 0.2) is 5.79 Å². The van der Waals surface area contributed by atoms with Crippen molar-refractivity contribution in [2.24, 2.45) is 0 Å². The van der Waals surface area contributed by atoms with E-state index in [9.17, 15) is 0 Å². The second-order valence-electron chi connectivity index (χ2n) is 5.91. The molecule has 0 unspecified atom stereocenters. The molecule has 2 fully saturated rings. The van der Waals surface area contributed by atoms with Gasteiger partial charge in [-0.25, -0.2) is 0 Å². The minimum Gasteiger partial charge on any atom is -0.396 e. The second kappa shape index (κ2) is 7.58. The molecule has 19 heavy (non-hydrogen) atoms. The summed E-state index contributed by atoms with van der Waals surface area (Å²) in [4.78, 5) is 0. The van der Waals surface area contributed by atoms with Gasteiger partial charge >= 0.3 is 0 Å². The Morgan fingerprint density at radius 3 is 1.74 bits per heavy atom. The van der Waals surface area contributed by atoms with Gasteiger partial charge in [0.2, 0.25) is 0 Å². The third-order valence-electron chi connectivity index (χ3n) is 4.30. The highest BCUT2D eigenvalue weighted by Gasteiger charge is 2.42. The molecule has 4 heteroatoms. The van der Waals surface area contributed by atoms with Gasteiger partial charge in [-0.15, -0.1) is 0 Å². The number of hydrogen-bond donors (Lipinski definition) is 2. The fourth-order valence-electron chi connectivity index (χ4n) is 3.36. The molecule has 2 rings (SSSR count). The van der Waals surface area contributed by atoms with Crippen molar-refractivity contribution in [2.75, 3.05) is 13.2 Å². The van der Waals surface area contributed by atoms with Gasteiger partial charge < -0.3 is 19.7 Å². The average molecular weight is 272 g/mol. The first-order valence-corrected chi connectivity index (χ1v) is 7.85. The molecule has 2 aliphatic heterocycles. The van der Waals surface area contributed by atoms with Gasteiger partial charge in [-0.05, 0) is 51.4 Å². The van der Waals surface area contributed by atoms with Crippen molar-refractivity contribution in [2.45, 2.75) is 82.2 Å². The first kappa shape index (κ1) is 15.2. The Kier molecular flexibility index (Phi) is 6.07. The molecule has 0 aliphatic carbocycles. The van der Waals surface area contributed by atoms with E-state index in [1.165, 1.54) is 0 Å². The molecule has 0 aromatic heterocycles. The molecule has 0 aromatic carbocycles. The third-order valence-corrected chi connectivity index (χ3v) is 4.30. The minimum absolute atomic E-state index is 0.243. The zero-order valence-electron chi connectivity index (χ0n) is 11.9. The molecule has 2 N–H and O–H groups in total. The van der Waals surface area contributed by atoms with Crippen LogP contribution in [0, 0.1) is 0 Å². The van der Waals surface area contributed by atoms with Crippen LogP contribution in [0.25, 0.3) is 0 Å². The number of ether oxygens (including phenoxy) is 2. The number of aliphatic hydroxyl groups excluding tert-OH is 2. The van der Waals surface area contributed by atoms with Gasteiger partial charge in [-0.1, -0.05) is 0 Å². The molecule has 112 valence electrons. The molecule has 2 atom stereocenters. The smallest absolute Gasteiger partial charge is 0.169 e. The van der Waals surface area contributed by atoms with E-state index in [0.29, 0.717) is 0 Å². The van der Waals surface area contributed by atoms with E-state index in [1.54, 1.807) is 0 Å². The average Bonchev–Trinajstić information content (AvgIpc) is 2.43. The molecule has 0 aromatic rings. The molecule has 0 bridgehead atoms. The predicted octanol–water partition coefficient (Wildman–Crippen LogP) is 2.37. The van der Waals surface area contributed by atoms with Gasteiger partial charge in [0.1, 0.15) is 0 Å². The van der Waals surface area contributed by atoms with Gasteiger partial charge in [-0.3, -0.25) is 0 Å².